The normalized spacial score (nSPS) is 14.6. The first-order valence-corrected chi connectivity index (χ1v) is 7.70. The molecule has 0 saturated heterocycles. The maximum absolute atomic E-state index is 12.8. The highest BCUT2D eigenvalue weighted by molar-refractivity contribution is 7.93. The lowest BCUT2D eigenvalue weighted by molar-refractivity contribution is 0.390. The molecule has 0 spiro atoms. The summed E-state index contributed by atoms with van der Waals surface area (Å²) in [4.78, 5) is 0.146. The van der Waals surface area contributed by atoms with Crippen molar-refractivity contribution in [3.8, 4) is 0 Å². The van der Waals surface area contributed by atoms with Gasteiger partial charge in [-0.15, -0.1) is 0 Å². The Labute approximate surface area is 117 Å². The Morgan fingerprint density at radius 3 is 2.75 bits per heavy atom. The van der Waals surface area contributed by atoms with Crippen molar-refractivity contribution in [3.05, 3.63) is 35.2 Å². The zero-order valence-electron chi connectivity index (χ0n) is 11.3. The van der Waals surface area contributed by atoms with Gasteiger partial charge in [0.05, 0.1) is 5.69 Å². The number of nitrogens with zero attached hydrogens (tertiary/aromatic N) is 2. The summed E-state index contributed by atoms with van der Waals surface area (Å²) < 4.78 is 31.9. The van der Waals surface area contributed by atoms with Crippen LogP contribution >= 0.6 is 0 Å². The zero-order valence-corrected chi connectivity index (χ0v) is 12.1. The number of hydrogen-bond acceptors (Lipinski definition) is 5. The van der Waals surface area contributed by atoms with Crippen molar-refractivity contribution in [3.63, 3.8) is 0 Å². The van der Waals surface area contributed by atoms with Gasteiger partial charge in [0.25, 0.3) is 10.0 Å². The number of nitrogen functional groups attached to an aromatic ring is 1. The lowest BCUT2D eigenvalue weighted by Crippen LogP contribution is -2.29. The van der Waals surface area contributed by atoms with E-state index in [1.54, 1.807) is 32.0 Å². The second-order valence-corrected chi connectivity index (χ2v) is 6.62. The molecule has 0 amide bonds. The minimum Gasteiger partial charge on any atom is -0.398 e. The fraction of sp³-hybridized carbons (Fsp3) is 0.308. The number of rotatable bonds is 2. The third-order valence-electron chi connectivity index (χ3n) is 3.54. The van der Waals surface area contributed by atoms with Crippen molar-refractivity contribution < 1.29 is 12.9 Å². The molecule has 3 rings (SSSR count). The molecule has 0 fully saturated rings. The molecular weight excluding hydrogens is 278 g/mol. The standard InChI is InChI=1S/C13H15N3O3S/c1-8-13(9(2)19-15-8)20(17,18)16-7-6-10-11(14)4-3-5-12(10)16/h3-5H,6-7,14H2,1-2H3. The lowest BCUT2D eigenvalue weighted by Gasteiger charge is -2.19. The van der Waals surface area contributed by atoms with Crippen LogP contribution in [-0.2, 0) is 16.4 Å². The number of fused-ring (bicyclic) bond motifs is 1. The van der Waals surface area contributed by atoms with E-state index in [4.69, 9.17) is 10.3 Å². The third kappa shape index (κ3) is 1.70. The molecule has 1 aromatic carbocycles. The van der Waals surface area contributed by atoms with Crippen LogP contribution in [-0.4, -0.2) is 20.1 Å². The van der Waals surface area contributed by atoms with Crippen molar-refractivity contribution >= 4 is 21.4 Å². The van der Waals surface area contributed by atoms with Crippen molar-refractivity contribution in [2.45, 2.75) is 25.2 Å². The van der Waals surface area contributed by atoms with Gasteiger partial charge in [0, 0.05) is 17.8 Å². The van der Waals surface area contributed by atoms with Gasteiger partial charge in [-0.2, -0.15) is 0 Å². The van der Waals surface area contributed by atoms with Crippen molar-refractivity contribution in [1.29, 1.82) is 0 Å². The molecule has 2 heterocycles. The summed E-state index contributed by atoms with van der Waals surface area (Å²) in [5.41, 5.74) is 8.42. The molecule has 0 unspecified atom stereocenters. The largest absolute Gasteiger partial charge is 0.398 e. The van der Waals surface area contributed by atoms with E-state index in [0.29, 0.717) is 35.8 Å². The average molecular weight is 293 g/mol. The predicted molar refractivity (Wildman–Crippen MR) is 75.1 cm³/mol. The van der Waals surface area contributed by atoms with Gasteiger partial charge in [-0.1, -0.05) is 11.2 Å². The summed E-state index contributed by atoms with van der Waals surface area (Å²) in [6.45, 7) is 3.61. The quantitative estimate of drug-likeness (QED) is 0.850. The second kappa shape index (κ2) is 4.24. The molecule has 0 radical (unpaired) electrons. The van der Waals surface area contributed by atoms with Gasteiger partial charge < -0.3 is 10.3 Å². The van der Waals surface area contributed by atoms with Crippen LogP contribution in [0.5, 0.6) is 0 Å². The Morgan fingerprint density at radius 2 is 2.10 bits per heavy atom. The maximum Gasteiger partial charge on any atom is 0.269 e. The van der Waals surface area contributed by atoms with E-state index in [1.807, 2.05) is 0 Å². The fourth-order valence-electron chi connectivity index (χ4n) is 2.63. The summed E-state index contributed by atoms with van der Waals surface area (Å²) in [5, 5.41) is 3.72. The molecule has 0 aliphatic carbocycles. The van der Waals surface area contributed by atoms with Gasteiger partial charge in [-0.25, -0.2) is 8.42 Å². The van der Waals surface area contributed by atoms with Crippen LogP contribution in [0, 0.1) is 13.8 Å². The van der Waals surface area contributed by atoms with Crippen LogP contribution in [0.15, 0.2) is 27.6 Å². The first-order valence-electron chi connectivity index (χ1n) is 6.26. The molecule has 1 aromatic heterocycles. The highest BCUT2D eigenvalue weighted by atomic mass is 32.2. The molecule has 1 aliphatic heterocycles. The van der Waals surface area contributed by atoms with E-state index in [1.165, 1.54) is 4.31 Å². The summed E-state index contributed by atoms with van der Waals surface area (Å²) in [7, 11) is -3.67. The highest BCUT2D eigenvalue weighted by Crippen LogP contribution is 2.37. The van der Waals surface area contributed by atoms with E-state index < -0.39 is 10.0 Å². The lowest BCUT2D eigenvalue weighted by atomic mass is 10.1. The van der Waals surface area contributed by atoms with Crippen molar-refractivity contribution in [2.24, 2.45) is 0 Å². The number of hydrogen-bond donors (Lipinski definition) is 1. The Balaban J connectivity index is 2.15. The van der Waals surface area contributed by atoms with Crippen LogP contribution in [0.1, 0.15) is 17.0 Å². The molecule has 0 bridgehead atoms. The number of anilines is 2. The average Bonchev–Trinajstić information content (AvgIpc) is 2.95. The topological polar surface area (TPSA) is 89.4 Å². The van der Waals surface area contributed by atoms with Crippen LogP contribution in [0.3, 0.4) is 0 Å². The van der Waals surface area contributed by atoms with E-state index >= 15 is 0 Å². The van der Waals surface area contributed by atoms with Crippen LogP contribution in [0.2, 0.25) is 0 Å². The molecule has 0 saturated carbocycles. The Kier molecular flexibility index (Phi) is 2.75. The van der Waals surface area contributed by atoms with Gasteiger partial charge in [0.1, 0.15) is 5.69 Å². The number of nitrogens with two attached hydrogens (primary N) is 1. The van der Waals surface area contributed by atoms with E-state index in [9.17, 15) is 8.42 Å². The molecule has 1 aliphatic rings. The number of aryl methyl sites for hydroxylation is 2. The fourth-order valence-corrected chi connectivity index (χ4v) is 4.43. The molecule has 7 heteroatoms. The summed E-state index contributed by atoms with van der Waals surface area (Å²) in [5.74, 6) is 0.305. The van der Waals surface area contributed by atoms with Gasteiger partial charge in [-0.05, 0) is 32.4 Å². The van der Waals surface area contributed by atoms with Crippen molar-refractivity contribution in [2.75, 3.05) is 16.6 Å². The Bertz CT molecular complexity index is 761. The minimum absolute atomic E-state index is 0.146. The SMILES string of the molecule is Cc1noc(C)c1S(=O)(=O)N1CCc2c(N)cccc21. The van der Waals surface area contributed by atoms with Crippen molar-refractivity contribution in [1.82, 2.24) is 5.16 Å². The molecule has 2 N–H and O–H groups in total. The van der Waals surface area contributed by atoms with E-state index in [0.717, 1.165) is 5.56 Å². The third-order valence-corrected chi connectivity index (χ3v) is 5.60. The maximum atomic E-state index is 12.8. The first kappa shape index (κ1) is 13.0. The zero-order chi connectivity index (χ0) is 14.5. The van der Waals surface area contributed by atoms with Crippen LogP contribution < -0.4 is 10.0 Å². The van der Waals surface area contributed by atoms with Crippen LogP contribution in [0.4, 0.5) is 11.4 Å². The second-order valence-electron chi connectivity index (χ2n) is 4.83. The number of aromatic nitrogens is 1. The summed E-state index contributed by atoms with van der Waals surface area (Å²) >= 11 is 0. The number of sulfonamides is 1. The van der Waals surface area contributed by atoms with Gasteiger partial charge >= 0.3 is 0 Å². The van der Waals surface area contributed by atoms with Crippen LogP contribution in [0.25, 0.3) is 0 Å². The molecule has 106 valence electrons. The van der Waals surface area contributed by atoms with E-state index in [-0.39, 0.29) is 4.90 Å². The molecule has 20 heavy (non-hydrogen) atoms. The van der Waals surface area contributed by atoms with E-state index in [2.05, 4.69) is 5.16 Å². The monoisotopic (exact) mass is 293 g/mol. The molecule has 0 atom stereocenters. The summed E-state index contributed by atoms with van der Waals surface area (Å²) in [6, 6.07) is 5.31. The minimum atomic E-state index is -3.67. The smallest absolute Gasteiger partial charge is 0.269 e. The van der Waals surface area contributed by atoms with Gasteiger partial charge in [0.15, 0.2) is 10.7 Å². The van der Waals surface area contributed by atoms with Gasteiger partial charge in [0.2, 0.25) is 0 Å². The predicted octanol–water partition coefficient (Wildman–Crippen LogP) is 1.63. The molecule has 2 aromatic rings. The molecular formula is C13H15N3O3S. The first-order chi connectivity index (χ1) is 9.43. The highest BCUT2D eigenvalue weighted by Gasteiger charge is 2.35. The van der Waals surface area contributed by atoms with Gasteiger partial charge in [-0.3, -0.25) is 4.31 Å². The molecule has 6 nitrogen and oxygen atoms in total. The Morgan fingerprint density at radius 1 is 1.35 bits per heavy atom. The Hall–Kier alpha value is -2.02. The number of benzene rings is 1. The summed E-state index contributed by atoms with van der Waals surface area (Å²) in [6.07, 6.45) is 0.616.